The number of benzene rings is 1. The molecule has 0 saturated carbocycles. The summed E-state index contributed by atoms with van der Waals surface area (Å²) in [6, 6.07) is 7.84. The number of amides is 1. The van der Waals surface area contributed by atoms with E-state index >= 15 is 0 Å². The second-order valence-electron chi connectivity index (χ2n) is 6.62. The summed E-state index contributed by atoms with van der Waals surface area (Å²) in [7, 11) is 1.35. The number of hydrogen-bond acceptors (Lipinski definition) is 4. The second-order valence-corrected chi connectivity index (χ2v) is 7.53. The highest BCUT2D eigenvalue weighted by atomic mass is 79.9. The van der Waals surface area contributed by atoms with Gasteiger partial charge in [-0.1, -0.05) is 40.2 Å². The minimum atomic E-state index is -0.690. The quantitative estimate of drug-likeness (QED) is 0.586. The molecule has 2 fully saturated rings. The first kappa shape index (κ1) is 15.8. The second kappa shape index (κ2) is 5.43. The fourth-order valence-electron chi connectivity index (χ4n) is 4.18. The van der Waals surface area contributed by atoms with Crippen LogP contribution in [0.15, 0.2) is 40.9 Å². The van der Waals surface area contributed by atoms with Crippen LogP contribution in [-0.4, -0.2) is 42.1 Å². The van der Waals surface area contributed by atoms with Crippen LogP contribution in [0.25, 0.3) is 0 Å². The van der Waals surface area contributed by atoms with E-state index in [1.54, 1.807) is 0 Å². The molecule has 4 rings (SSSR count). The van der Waals surface area contributed by atoms with E-state index in [4.69, 9.17) is 9.47 Å². The van der Waals surface area contributed by atoms with Crippen molar-refractivity contribution >= 4 is 27.8 Å². The number of rotatable bonds is 3. The lowest BCUT2D eigenvalue weighted by atomic mass is 9.77. The first-order valence-electron chi connectivity index (χ1n) is 7.98. The molecule has 3 aliphatic rings. The third kappa shape index (κ3) is 2.09. The SMILES string of the molecule is COC(=O)[C@@H]1[C@H]2C=C[C@@]3(CN([C@@H](C)c4ccc(Br)cc4)C(=O)[C@@H]13)O2. The normalized spacial score (nSPS) is 34.5. The molecule has 1 amide bonds. The van der Waals surface area contributed by atoms with Gasteiger partial charge < -0.3 is 14.4 Å². The molecule has 24 heavy (non-hydrogen) atoms. The first-order valence-corrected chi connectivity index (χ1v) is 8.77. The molecule has 0 aliphatic carbocycles. The maximum Gasteiger partial charge on any atom is 0.312 e. The van der Waals surface area contributed by atoms with Gasteiger partial charge in [0.1, 0.15) is 11.5 Å². The Bertz CT molecular complexity index is 731. The zero-order valence-electron chi connectivity index (χ0n) is 13.4. The maximum atomic E-state index is 13.1. The summed E-state index contributed by atoms with van der Waals surface area (Å²) >= 11 is 3.43. The monoisotopic (exact) mass is 391 g/mol. The zero-order valence-corrected chi connectivity index (χ0v) is 15.0. The number of carbonyl (C=O) groups is 2. The van der Waals surface area contributed by atoms with Crippen molar-refractivity contribution in [3.8, 4) is 0 Å². The van der Waals surface area contributed by atoms with E-state index in [-0.39, 0.29) is 24.0 Å². The van der Waals surface area contributed by atoms with E-state index in [9.17, 15) is 9.59 Å². The van der Waals surface area contributed by atoms with Crippen LogP contribution in [0.1, 0.15) is 18.5 Å². The number of carbonyl (C=O) groups excluding carboxylic acids is 2. The number of ether oxygens (including phenoxy) is 2. The average molecular weight is 392 g/mol. The molecule has 1 spiro atoms. The average Bonchev–Trinajstić information content (AvgIpc) is 3.22. The Morgan fingerprint density at radius 3 is 2.79 bits per heavy atom. The van der Waals surface area contributed by atoms with Gasteiger partial charge >= 0.3 is 5.97 Å². The molecule has 5 atom stereocenters. The van der Waals surface area contributed by atoms with E-state index < -0.39 is 17.4 Å². The molecular weight excluding hydrogens is 374 g/mol. The fourth-order valence-corrected chi connectivity index (χ4v) is 4.45. The van der Waals surface area contributed by atoms with Gasteiger partial charge in [0.05, 0.1) is 31.7 Å². The molecule has 3 aliphatic heterocycles. The van der Waals surface area contributed by atoms with Crippen molar-refractivity contribution in [2.45, 2.75) is 24.7 Å². The maximum absolute atomic E-state index is 13.1. The van der Waals surface area contributed by atoms with Crippen molar-refractivity contribution in [2.75, 3.05) is 13.7 Å². The molecule has 2 bridgehead atoms. The Morgan fingerprint density at radius 2 is 2.12 bits per heavy atom. The predicted octanol–water partition coefficient (Wildman–Crippen LogP) is 2.47. The molecule has 0 aromatic heterocycles. The van der Waals surface area contributed by atoms with Crippen molar-refractivity contribution in [1.82, 2.24) is 4.90 Å². The van der Waals surface area contributed by atoms with E-state index in [0.717, 1.165) is 10.0 Å². The van der Waals surface area contributed by atoms with Gasteiger partial charge in [0.15, 0.2) is 0 Å². The van der Waals surface area contributed by atoms with Crippen molar-refractivity contribution in [1.29, 1.82) is 0 Å². The summed E-state index contributed by atoms with van der Waals surface area (Å²) in [6.45, 7) is 2.47. The summed E-state index contributed by atoms with van der Waals surface area (Å²) in [5.41, 5.74) is 0.362. The molecule has 5 nitrogen and oxygen atoms in total. The molecule has 0 N–H and O–H groups in total. The predicted molar refractivity (Wildman–Crippen MR) is 90.0 cm³/mol. The van der Waals surface area contributed by atoms with Crippen LogP contribution in [-0.2, 0) is 19.1 Å². The fraction of sp³-hybridized carbons (Fsp3) is 0.444. The molecule has 1 aromatic rings. The Kier molecular flexibility index (Phi) is 3.58. The Hall–Kier alpha value is -1.66. The number of fused-ring (bicyclic) bond motifs is 1. The van der Waals surface area contributed by atoms with Crippen molar-refractivity contribution in [3.05, 3.63) is 46.5 Å². The zero-order chi connectivity index (χ0) is 17.1. The first-order chi connectivity index (χ1) is 11.5. The van der Waals surface area contributed by atoms with Crippen molar-refractivity contribution < 1.29 is 19.1 Å². The largest absolute Gasteiger partial charge is 0.469 e. The Morgan fingerprint density at radius 1 is 1.42 bits per heavy atom. The highest BCUT2D eigenvalue weighted by molar-refractivity contribution is 9.10. The Balaban J connectivity index is 1.65. The van der Waals surface area contributed by atoms with Gasteiger partial charge in [0.25, 0.3) is 0 Å². The van der Waals surface area contributed by atoms with Crippen LogP contribution in [0.5, 0.6) is 0 Å². The van der Waals surface area contributed by atoms with Gasteiger partial charge in [-0.25, -0.2) is 0 Å². The third-order valence-electron chi connectivity index (χ3n) is 5.42. The summed E-state index contributed by atoms with van der Waals surface area (Å²) in [5, 5.41) is 0. The van der Waals surface area contributed by atoms with E-state index in [2.05, 4.69) is 15.9 Å². The van der Waals surface area contributed by atoms with Gasteiger partial charge in [-0.05, 0) is 24.6 Å². The topological polar surface area (TPSA) is 55.8 Å². The molecule has 0 radical (unpaired) electrons. The van der Waals surface area contributed by atoms with Crippen LogP contribution < -0.4 is 0 Å². The number of hydrogen-bond donors (Lipinski definition) is 0. The van der Waals surface area contributed by atoms with Crippen LogP contribution >= 0.6 is 15.9 Å². The molecule has 2 saturated heterocycles. The smallest absolute Gasteiger partial charge is 0.312 e. The number of esters is 1. The lowest BCUT2D eigenvalue weighted by Crippen LogP contribution is -2.39. The number of likely N-dealkylation sites (tertiary alicyclic amines) is 1. The van der Waals surface area contributed by atoms with Crippen molar-refractivity contribution in [3.63, 3.8) is 0 Å². The van der Waals surface area contributed by atoms with Crippen LogP contribution in [0.4, 0.5) is 0 Å². The van der Waals surface area contributed by atoms with Gasteiger partial charge in [0.2, 0.25) is 5.91 Å². The number of nitrogens with zero attached hydrogens (tertiary/aromatic N) is 1. The molecular formula is C18H18BrNO4. The number of halogens is 1. The highest BCUT2D eigenvalue weighted by Gasteiger charge is 2.67. The lowest BCUT2D eigenvalue weighted by molar-refractivity contribution is -0.151. The van der Waals surface area contributed by atoms with E-state index in [1.807, 2.05) is 48.2 Å². The van der Waals surface area contributed by atoms with Crippen LogP contribution in [0.3, 0.4) is 0 Å². The summed E-state index contributed by atoms with van der Waals surface area (Å²) in [5.74, 6) is -1.44. The van der Waals surface area contributed by atoms with Crippen LogP contribution in [0.2, 0.25) is 0 Å². The molecule has 0 unspecified atom stereocenters. The molecule has 3 heterocycles. The minimum Gasteiger partial charge on any atom is -0.469 e. The third-order valence-corrected chi connectivity index (χ3v) is 5.95. The molecule has 6 heteroatoms. The van der Waals surface area contributed by atoms with E-state index in [0.29, 0.717) is 6.54 Å². The van der Waals surface area contributed by atoms with Gasteiger partial charge in [-0.3, -0.25) is 9.59 Å². The van der Waals surface area contributed by atoms with Crippen LogP contribution in [0, 0.1) is 11.8 Å². The van der Waals surface area contributed by atoms with Gasteiger partial charge in [0, 0.05) is 4.47 Å². The molecule has 1 aromatic carbocycles. The Labute approximate surface area is 148 Å². The van der Waals surface area contributed by atoms with Crippen molar-refractivity contribution in [2.24, 2.45) is 11.8 Å². The highest BCUT2D eigenvalue weighted by Crippen LogP contribution is 2.53. The van der Waals surface area contributed by atoms with Gasteiger partial charge in [-0.2, -0.15) is 0 Å². The standard InChI is InChI=1S/C18H18BrNO4/c1-10(11-3-5-12(19)6-4-11)20-9-18-8-7-13(24-18)14(17(22)23-2)15(18)16(20)21/h3-8,10,13-15H,9H2,1-2H3/t10-,13+,14+,15+,18-/m0/s1. The number of methoxy groups -OCH3 is 1. The minimum absolute atomic E-state index is 0.0346. The summed E-state index contributed by atoms with van der Waals surface area (Å²) in [4.78, 5) is 27.1. The summed E-state index contributed by atoms with van der Waals surface area (Å²) < 4.78 is 11.9. The lowest BCUT2D eigenvalue weighted by Gasteiger charge is -2.27. The van der Waals surface area contributed by atoms with E-state index in [1.165, 1.54) is 7.11 Å². The summed E-state index contributed by atoms with van der Waals surface area (Å²) in [6.07, 6.45) is 3.49. The van der Waals surface area contributed by atoms with Gasteiger partial charge in [-0.15, -0.1) is 0 Å². The molecule has 126 valence electrons.